The molecule has 106 valence electrons. The SMILES string of the molecule is Cc1cc(C(=O)NC2(C#N)CCN(C)CC2)ccc1Cl. The number of hydrogen-bond acceptors (Lipinski definition) is 3. The number of likely N-dealkylation sites (tertiary alicyclic amines) is 1. The minimum atomic E-state index is -0.753. The van der Waals surface area contributed by atoms with Crippen LogP contribution in [0, 0.1) is 18.3 Å². The first-order valence-electron chi connectivity index (χ1n) is 6.64. The zero-order valence-electron chi connectivity index (χ0n) is 11.7. The summed E-state index contributed by atoms with van der Waals surface area (Å²) in [6.07, 6.45) is 1.30. The summed E-state index contributed by atoms with van der Waals surface area (Å²) < 4.78 is 0. The molecule has 0 radical (unpaired) electrons. The molecule has 1 heterocycles. The molecule has 20 heavy (non-hydrogen) atoms. The van der Waals surface area contributed by atoms with Gasteiger partial charge in [0.25, 0.3) is 5.91 Å². The summed E-state index contributed by atoms with van der Waals surface area (Å²) in [4.78, 5) is 14.5. The van der Waals surface area contributed by atoms with Crippen LogP contribution in [-0.2, 0) is 0 Å². The highest BCUT2D eigenvalue weighted by Gasteiger charge is 2.35. The number of nitrogens with one attached hydrogen (secondary N) is 1. The maximum Gasteiger partial charge on any atom is 0.252 e. The number of aryl methyl sites for hydroxylation is 1. The molecule has 1 aliphatic heterocycles. The molecule has 1 aromatic rings. The number of nitriles is 1. The summed E-state index contributed by atoms with van der Waals surface area (Å²) in [5, 5.41) is 12.9. The molecule has 1 amide bonds. The molecular weight excluding hydrogens is 274 g/mol. The lowest BCUT2D eigenvalue weighted by Gasteiger charge is -2.36. The predicted octanol–water partition coefficient (Wildman–Crippen LogP) is 2.37. The fourth-order valence-electron chi connectivity index (χ4n) is 2.34. The van der Waals surface area contributed by atoms with Crippen LogP contribution in [0.5, 0.6) is 0 Å². The van der Waals surface area contributed by atoms with Gasteiger partial charge in [-0.15, -0.1) is 0 Å². The van der Waals surface area contributed by atoms with Gasteiger partial charge < -0.3 is 10.2 Å². The number of nitrogens with zero attached hydrogens (tertiary/aromatic N) is 2. The number of piperidine rings is 1. The Morgan fingerprint density at radius 1 is 1.45 bits per heavy atom. The van der Waals surface area contributed by atoms with E-state index in [9.17, 15) is 10.1 Å². The summed E-state index contributed by atoms with van der Waals surface area (Å²) in [6, 6.07) is 7.42. The van der Waals surface area contributed by atoms with E-state index in [1.807, 2.05) is 14.0 Å². The normalized spacial score (nSPS) is 18.3. The molecule has 0 unspecified atom stereocenters. The summed E-state index contributed by atoms with van der Waals surface area (Å²) in [5.74, 6) is -0.212. The summed E-state index contributed by atoms with van der Waals surface area (Å²) in [5.41, 5.74) is 0.645. The zero-order chi connectivity index (χ0) is 14.8. The van der Waals surface area contributed by atoms with E-state index < -0.39 is 5.54 Å². The number of carbonyl (C=O) groups excluding carboxylic acids is 1. The van der Waals surface area contributed by atoms with Crippen LogP contribution < -0.4 is 5.32 Å². The van der Waals surface area contributed by atoms with Crippen LogP contribution >= 0.6 is 11.6 Å². The predicted molar refractivity (Wildman–Crippen MR) is 78.7 cm³/mol. The number of carbonyl (C=O) groups is 1. The monoisotopic (exact) mass is 291 g/mol. The van der Waals surface area contributed by atoms with Gasteiger partial charge in [0.15, 0.2) is 0 Å². The maximum atomic E-state index is 12.3. The molecule has 0 atom stereocenters. The lowest BCUT2D eigenvalue weighted by Crippen LogP contribution is -2.53. The van der Waals surface area contributed by atoms with Gasteiger partial charge in [0, 0.05) is 23.7 Å². The van der Waals surface area contributed by atoms with Gasteiger partial charge in [-0.1, -0.05) is 11.6 Å². The Hall–Kier alpha value is -1.57. The average molecular weight is 292 g/mol. The summed E-state index contributed by atoms with van der Waals surface area (Å²) in [7, 11) is 2.02. The van der Waals surface area contributed by atoms with Crippen molar-refractivity contribution >= 4 is 17.5 Å². The molecule has 1 aromatic carbocycles. The number of rotatable bonds is 2. The van der Waals surface area contributed by atoms with E-state index in [0.29, 0.717) is 23.4 Å². The maximum absolute atomic E-state index is 12.3. The second kappa shape index (κ2) is 5.82. The highest BCUT2D eigenvalue weighted by atomic mass is 35.5. The molecule has 4 nitrogen and oxygen atoms in total. The molecule has 0 spiro atoms. The molecule has 2 rings (SSSR count). The van der Waals surface area contributed by atoms with Crippen molar-refractivity contribution in [3.63, 3.8) is 0 Å². The summed E-state index contributed by atoms with van der Waals surface area (Å²) >= 11 is 5.96. The lowest BCUT2D eigenvalue weighted by molar-refractivity contribution is 0.0882. The van der Waals surface area contributed by atoms with Crippen LogP contribution in [0.1, 0.15) is 28.8 Å². The molecule has 1 saturated heterocycles. The summed E-state index contributed by atoms with van der Waals surface area (Å²) in [6.45, 7) is 3.48. The topological polar surface area (TPSA) is 56.1 Å². The van der Waals surface area contributed by atoms with Gasteiger partial charge >= 0.3 is 0 Å². The first kappa shape index (κ1) is 14.8. The van der Waals surface area contributed by atoms with Crippen LogP contribution in [0.25, 0.3) is 0 Å². The first-order valence-corrected chi connectivity index (χ1v) is 7.02. The van der Waals surface area contributed by atoms with E-state index in [0.717, 1.165) is 18.7 Å². The fourth-order valence-corrected chi connectivity index (χ4v) is 2.46. The third-order valence-corrected chi connectivity index (χ3v) is 4.25. The highest BCUT2D eigenvalue weighted by Crippen LogP contribution is 2.22. The molecule has 1 fully saturated rings. The van der Waals surface area contributed by atoms with Gasteiger partial charge in [-0.25, -0.2) is 0 Å². The van der Waals surface area contributed by atoms with Crippen molar-refractivity contribution in [2.75, 3.05) is 20.1 Å². The molecule has 1 N–H and O–H groups in total. The Labute approximate surface area is 124 Å². The Balaban J connectivity index is 2.13. The molecule has 0 saturated carbocycles. The van der Waals surface area contributed by atoms with Crippen LogP contribution in [0.15, 0.2) is 18.2 Å². The number of benzene rings is 1. The molecule has 5 heteroatoms. The van der Waals surface area contributed by atoms with Gasteiger partial charge in [-0.3, -0.25) is 4.79 Å². The number of halogens is 1. The molecule has 0 bridgehead atoms. The third kappa shape index (κ3) is 3.12. The molecule has 0 aromatic heterocycles. The lowest BCUT2D eigenvalue weighted by atomic mass is 9.89. The molecular formula is C15H18ClN3O. The quantitative estimate of drug-likeness (QED) is 0.910. The van der Waals surface area contributed by atoms with E-state index in [4.69, 9.17) is 11.6 Å². The Morgan fingerprint density at radius 3 is 2.65 bits per heavy atom. The van der Waals surface area contributed by atoms with Crippen LogP contribution in [0.4, 0.5) is 0 Å². The van der Waals surface area contributed by atoms with Crippen molar-refractivity contribution in [2.24, 2.45) is 0 Å². The van der Waals surface area contributed by atoms with Gasteiger partial charge in [-0.2, -0.15) is 5.26 Å². The number of hydrogen-bond donors (Lipinski definition) is 1. The molecule has 1 aliphatic rings. The van der Waals surface area contributed by atoms with Crippen LogP contribution in [0.3, 0.4) is 0 Å². The zero-order valence-corrected chi connectivity index (χ0v) is 12.5. The van der Waals surface area contributed by atoms with E-state index in [1.54, 1.807) is 18.2 Å². The van der Waals surface area contributed by atoms with Gasteiger partial charge in [0.05, 0.1) is 6.07 Å². The Kier molecular flexibility index (Phi) is 4.32. The second-order valence-electron chi connectivity index (χ2n) is 5.42. The van der Waals surface area contributed by atoms with Crippen molar-refractivity contribution in [1.29, 1.82) is 5.26 Å². The molecule has 0 aliphatic carbocycles. The van der Waals surface area contributed by atoms with E-state index in [2.05, 4.69) is 16.3 Å². The standard InChI is InChI=1S/C15H18ClN3O/c1-11-9-12(3-4-13(11)16)14(20)18-15(10-17)5-7-19(2)8-6-15/h3-4,9H,5-8H2,1-2H3,(H,18,20). The van der Waals surface area contributed by atoms with E-state index in [1.165, 1.54) is 0 Å². The van der Waals surface area contributed by atoms with Crippen LogP contribution in [0.2, 0.25) is 5.02 Å². The van der Waals surface area contributed by atoms with Crippen molar-refractivity contribution in [3.8, 4) is 6.07 Å². The first-order chi connectivity index (χ1) is 9.46. The fraction of sp³-hybridized carbons (Fsp3) is 0.467. The minimum absolute atomic E-state index is 0.212. The average Bonchev–Trinajstić information content (AvgIpc) is 2.44. The Bertz CT molecular complexity index is 557. The second-order valence-corrected chi connectivity index (χ2v) is 5.82. The van der Waals surface area contributed by atoms with Crippen LogP contribution in [-0.4, -0.2) is 36.5 Å². The van der Waals surface area contributed by atoms with Crippen molar-refractivity contribution < 1.29 is 4.79 Å². The largest absolute Gasteiger partial charge is 0.334 e. The van der Waals surface area contributed by atoms with Gasteiger partial charge in [0.1, 0.15) is 5.54 Å². The van der Waals surface area contributed by atoms with Gasteiger partial charge in [-0.05, 0) is 50.6 Å². The smallest absolute Gasteiger partial charge is 0.252 e. The van der Waals surface area contributed by atoms with Crippen molar-refractivity contribution in [2.45, 2.75) is 25.3 Å². The van der Waals surface area contributed by atoms with E-state index >= 15 is 0 Å². The minimum Gasteiger partial charge on any atom is -0.334 e. The highest BCUT2D eigenvalue weighted by molar-refractivity contribution is 6.31. The number of amides is 1. The van der Waals surface area contributed by atoms with E-state index in [-0.39, 0.29) is 5.91 Å². The van der Waals surface area contributed by atoms with Crippen molar-refractivity contribution in [3.05, 3.63) is 34.3 Å². The van der Waals surface area contributed by atoms with Gasteiger partial charge in [0.2, 0.25) is 0 Å². The Morgan fingerprint density at radius 2 is 2.10 bits per heavy atom. The third-order valence-electron chi connectivity index (χ3n) is 3.83. The van der Waals surface area contributed by atoms with Crippen molar-refractivity contribution in [1.82, 2.24) is 10.2 Å².